The third-order valence-electron chi connectivity index (χ3n) is 4.06. The summed E-state index contributed by atoms with van der Waals surface area (Å²) in [6.07, 6.45) is 1.000. The molecule has 0 unspecified atom stereocenters. The lowest BCUT2D eigenvalue weighted by molar-refractivity contribution is -0.114. The van der Waals surface area contributed by atoms with Crippen LogP contribution >= 0.6 is 34.7 Å². The normalized spacial score (nSPS) is 11.3. The summed E-state index contributed by atoms with van der Waals surface area (Å²) in [7, 11) is -4.00. The molecule has 1 heterocycles. The summed E-state index contributed by atoms with van der Waals surface area (Å²) >= 11 is 8.72. The van der Waals surface area contributed by atoms with Crippen molar-refractivity contribution in [3.63, 3.8) is 0 Å². The van der Waals surface area contributed by atoms with Crippen molar-refractivity contribution < 1.29 is 13.2 Å². The molecule has 0 atom stereocenters. The lowest BCUT2D eigenvalue weighted by Gasteiger charge is -2.24. The first-order valence-corrected chi connectivity index (χ1v) is 13.0. The lowest BCUT2D eigenvalue weighted by atomic mass is 10.2. The zero-order chi connectivity index (χ0) is 22.4. The maximum atomic E-state index is 13.3. The van der Waals surface area contributed by atoms with E-state index in [0.29, 0.717) is 15.8 Å². The predicted molar refractivity (Wildman–Crippen MR) is 127 cm³/mol. The number of sulfonamides is 1. The van der Waals surface area contributed by atoms with Crippen LogP contribution in [0.3, 0.4) is 0 Å². The quantitative estimate of drug-likeness (QED) is 0.336. The Labute approximate surface area is 194 Å². The lowest BCUT2D eigenvalue weighted by Crippen LogP contribution is -2.38. The summed E-state index contributed by atoms with van der Waals surface area (Å²) in [5, 5.41) is 11.4. The van der Waals surface area contributed by atoms with Gasteiger partial charge in [0.25, 0.3) is 10.0 Å². The molecule has 2 aromatic carbocycles. The smallest absolute Gasteiger partial charge is 0.264 e. The molecule has 1 N–H and O–H groups in total. The van der Waals surface area contributed by atoms with Crippen molar-refractivity contribution in [3.8, 4) is 0 Å². The first-order chi connectivity index (χ1) is 14.8. The van der Waals surface area contributed by atoms with E-state index in [1.54, 1.807) is 30.0 Å². The van der Waals surface area contributed by atoms with Crippen molar-refractivity contribution >= 4 is 61.4 Å². The monoisotopic (exact) mass is 496 g/mol. The molecule has 1 amide bonds. The second kappa shape index (κ2) is 10.4. The minimum absolute atomic E-state index is 0.0420. The average molecular weight is 497 g/mol. The molecule has 0 saturated carbocycles. The molecule has 0 bridgehead atoms. The number of hydrogen-bond acceptors (Lipinski definition) is 7. The van der Waals surface area contributed by atoms with Crippen LogP contribution in [-0.4, -0.2) is 36.8 Å². The number of benzene rings is 2. The molecule has 3 aromatic rings. The zero-order valence-electron chi connectivity index (χ0n) is 16.9. The number of amides is 1. The zero-order valence-corrected chi connectivity index (χ0v) is 20.1. The molecule has 7 nitrogen and oxygen atoms in total. The van der Waals surface area contributed by atoms with Gasteiger partial charge in [0.2, 0.25) is 11.0 Å². The van der Waals surface area contributed by atoms with Crippen molar-refractivity contribution in [2.24, 2.45) is 0 Å². The van der Waals surface area contributed by atoms with E-state index < -0.39 is 22.5 Å². The predicted octanol–water partition coefficient (Wildman–Crippen LogP) is 4.84. The van der Waals surface area contributed by atoms with Crippen molar-refractivity contribution in [1.82, 2.24) is 10.2 Å². The van der Waals surface area contributed by atoms with E-state index in [0.717, 1.165) is 26.4 Å². The summed E-state index contributed by atoms with van der Waals surface area (Å²) in [4.78, 5) is 12.8. The fraction of sp³-hybridized carbons (Fsp3) is 0.250. The van der Waals surface area contributed by atoms with Crippen LogP contribution in [0.1, 0.15) is 18.9 Å². The Morgan fingerprint density at radius 3 is 2.61 bits per heavy atom. The van der Waals surface area contributed by atoms with E-state index >= 15 is 0 Å². The summed E-state index contributed by atoms with van der Waals surface area (Å²) in [5.41, 5.74) is 1.26. The van der Waals surface area contributed by atoms with Crippen molar-refractivity contribution in [2.45, 2.75) is 29.5 Å². The van der Waals surface area contributed by atoms with Gasteiger partial charge in [-0.3, -0.25) is 14.4 Å². The highest BCUT2D eigenvalue weighted by Gasteiger charge is 2.27. The van der Waals surface area contributed by atoms with E-state index in [2.05, 4.69) is 22.4 Å². The van der Waals surface area contributed by atoms with Gasteiger partial charge in [-0.1, -0.05) is 53.8 Å². The highest BCUT2D eigenvalue weighted by Crippen LogP contribution is 2.27. The first kappa shape index (κ1) is 23.5. The summed E-state index contributed by atoms with van der Waals surface area (Å²) in [6.45, 7) is 3.51. The van der Waals surface area contributed by atoms with Gasteiger partial charge in [-0.2, -0.15) is 0 Å². The molecule has 164 valence electrons. The van der Waals surface area contributed by atoms with E-state index in [4.69, 9.17) is 11.6 Å². The van der Waals surface area contributed by atoms with Gasteiger partial charge in [0.05, 0.1) is 10.6 Å². The summed E-state index contributed by atoms with van der Waals surface area (Å²) in [6, 6.07) is 12.8. The molecule has 3 rings (SSSR count). The molecule has 0 aliphatic carbocycles. The summed E-state index contributed by atoms with van der Waals surface area (Å²) in [5.74, 6) is 0.394. The van der Waals surface area contributed by atoms with Crippen LogP contribution in [-0.2, 0) is 14.8 Å². The van der Waals surface area contributed by atoms with Gasteiger partial charge in [0, 0.05) is 10.8 Å². The molecule has 0 radical (unpaired) electrons. The molecule has 0 aliphatic heterocycles. The van der Waals surface area contributed by atoms with E-state index in [9.17, 15) is 13.2 Å². The maximum Gasteiger partial charge on any atom is 0.264 e. The molecule has 0 spiro atoms. The number of aryl methyl sites for hydroxylation is 1. The van der Waals surface area contributed by atoms with Gasteiger partial charge in [0.15, 0.2) is 4.34 Å². The fourth-order valence-electron chi connectivity index (χ4n) is 2.63. The van der Waals surface area contributed by atoms with Crippen molar-refractivity contribution in [3.05, 3.63) is 59.1 Å². The van der Waals surface area contributed by atoms with Crippen molar-refractivity contribution in [1.29, 1.82) is 0 Å². The van der Waals surface area contributed by atoms with Gasteiger partial charge >= 0.3 is 0 Å². The molecule has 1 aromatic heterocycles. The van der Waals surface area contributed by atoms with Crippen LogP contribution in [0, 0.1) is 6.92 Å². The highest BCUT2D eigenvalue weighted by molar-refractivity contribution is 8.01. The van der Waals surface area contributed by atoms with Crippen LogP contribution in [0.2, 0.25) is 5.02 Å². The first-order valence-electron chi connectivity index (χ1n) is 9.40. The maximum absolute atomic E-state index is 13.3. The van der Waals surface area contributed by atoms with Crippen LogP contribution in [0.15, 0.2) is 57.8 Å². The second-order valence-electron chi connectivity index (χ2n) is 6.57. The number of carbonyl (C=O) groups excluding carboxylic acids is 1. The fourth-order valence-corrected chi connectivity index (χ4v) is 5.86. The number of halogens is 1. The van der Waals surface area contributed by atoms with Gasteiger partial charge in [-0.25, -0.2) is 8.42 Å². The number of hydrogen-bond donors (Lipinski definition) is 1. The molecule has 0 aliphatic rings. The van der Waals surface area contributed by atoms with Gasteiger partial charge in [-0.15, -0.1) is 10.2 Å². The number of carbonyl (C=O) groups is 1. The van der Waals surface area contributed by atoms with Crippen LogP contribution < -0.4 is 9.62 Å². The Morgan fingerprint density at radius 1 is 1.19 bits per heavy atom. The number of nitrogens with one attached hydrogen (secondary N) is 1. The third-order valence-corrected chi connectivity index (χ3v) is 8.28. The molecular weight excluding hydrogens is 476 g/mol. The van der Waals surface area contributed by atoms with Gasteiger partial charge in [-0.05, 0) is 55.3 Å². The SMILES string of the molecule is CCCSc1nnc(NC(=O)CN(c2cccc(C)c2)S(=O)(=O)c2ccc(Cl)cc2)s1. The number of rotatable bonds is 9. The number of thioether (sulfide) groups is 1. The van der Waals surface area contributed by atoms with Crippen LogP contribution in [0.5, 0.6) is 0 Å². The molecule has 0 fully saturated rings. The van der Waals surface area contributed by atoms with Crippen molar-refractivity contribution in [2.75, 3.05) is 21.9 Å². The van der Waals surface area contributed by atoms with Gasteiger partial charge < -0.3 is 0 Å². The van der Waals surface area contributed by atoms with Gasteiger partial charge in [0.1, 0.15) is 6.54 Å². The molecule has 31 heavy (non-hydrogen) atoms. The standard InChI is InChI=1S/C20H21ClN4O3S3/c1-3-11-29-20-24-23-19(30-20)22-18(26)13-25(16-6-4-5-14(2)12-16)31(27,28)17-9-7-15(21)8-10-17/h4-10,12H,3,11,13H2,1-2H3,(H,22,23,26). The topological polar surface area (TPSA) is 92.3 Å². The Bertz CT molecular complexity index is 1150. The molecule has 11 heteroatoms. The average Bonchev–Trinajstić information content (AvgIpc) is 3.17. The van der Waals surface area contributed by atoms with E-state index in [1.165, 1.54) is 35.6 Å². The van der Waals surface area contributed by atoms with Crippen LogP contribution in [0.25, 0.3) is 0 Å². The molecular formula is C20H21ClN4O3S3. The Hall–Kier alpha value is -2.14. The minimum atomic E-state index is -4.00. The number of anilines is 2. The summed E-state index contributed by atoms with van der Waals surface area (Å²) < 4.78 is 28.5. The highest BCUT2D eigenvalue weighted by atomic mass is 35.5. The Morgan fingerprint density at radius 2 is 1.94 bits per heavy atom. The van der Waals surface area contributed by atoms with Crippen LogP contribution in [0.4, 0.5) is 10.8 Å². The van der Waals surface area contributed by atoms with E-state index in [-0.39, 0.29) is 4.90 Å². The Kier molecular flexibility index (Phi) is 7.93. The second-order valence-corrected chi connectivity index (χ2v) is 11.2. The Balaban J connectivity index is 1.85. The number of aromatic nitrogens is 2. The third kappa shape index (κ3) is 6.19. The minimum Gasteiger partial charge on any atom is -0.299 e. The number of nitrogens with zero attached hydrogens (tertiary/aromatic N) is 3. The molecule has 0 saturated heterocycles. The largest absolute Gasteiger partial charge is 0.299 e. The van der Waals surface area contributed by atoms with E-state index in [1.807, 2.05) is 13.0 Å².